The summed E-state index contributed by atoms with van der Waals surface area (Å²) in [5.41, 5.74) is 1.86. The highest BCUT2D eigenvalue weighted by molar-refractivity contribution is 6.34. The largest absolute Gasteiger partial charge is 0.322 e. The molecule has 2 nitrogen and oxygen atoms in total. The molecule has 0 spiro atoms. The molecule has 130 valence electrons. The van der Waals surface area contributed by atoms with Crippen molar-refractivity contribution in [2.45, 2.75) is 0 Å². The Morgan fingerprint density at radius 1 is 0.885 bits per heavy atom. The van der Waals surface area contributed by atoms with E-state index in [0.29, 0.717) is 21.7 Å². The van der Waals surface area contributed by atoms with Crippen LogP contribution in [-0.4, -0.2) is 5.91 Å². The quantitative estimate of drug-likeness (QED) is 0.457. The molecule has 3 rings (SSSR count). The van der Waals surface area contributed by atoms with Crippen molar-refractivity contribution in [3.63, 3.8) is 0 Å². The van der Waals surface area contributed by atoms with E-state index in [9.17, 15) is 13.6 Å². The summed E-state index contributed by atoms with van der Waals surface area (Å²) in [6.45, 7) is 0. The summed E-state index contributed by atoms with van der Waals surface area (Å²) in [4.78, 5) is 12.8. The molecule has 0 unspecified atom stereocenters. The van der Waals surface area contributed by atoms with Gasteiger partial charge in [-0.3, -0.25) is 4.79 Å². The maximum atomic E-state index is 13.4. The Hall–Kier alpha value is -2.98. The zero-order valence-corrected chi connectivity index (χ0v) is 14.3. The van der Waals surface area contributed by atoms with E-state index in [0.717, 1.165) is 12.1 Å². The van der Waals surface area contributed by atoms with E-state index in [2.05, 4.69) is 5.32 Å². The van der Waals surface area contributed by atoms with E-state index in [4.69, 9.17) is 11.6 Å². The third kappa shape index (κ3) is 4.16. The van der Waals surface area contributed by atoms with Gasteiger partial charge in [-0.1, -0.05) is 60.1 Å². The summed E-state index contributed by atoms with van der Waals surface area (Å²) in [6.07, 6.45) is 1.66. The second-order valence-electron chi connectivity index (χ2n) is 5.53. The highest BCUT2D eigenvalue weighted by atomic mass is 35.5. The lowest BCUT2D eigenvalue weighted by Gasteiger charge is -2.11. The van der Waals surface area contributed by atoms with Gasteiger partial charge < -0.3 is 5.32 Å². The molecule has 0 aliphatic carbocycles. The van der Waals surface area contributed by atoms with E-state index in [1.165, 1.54) is 6.07 Å². The van der Waals surface area contributed by atoms with Crippen LogP contribution in [-0.2, 0) is 4.79 Å². The first-order chi connectivity index (χ1) is 12.5. The third-order valence-corrected chi connectivity index (χ3v) is 4.06. The van der Waals surface area contributed by atoms with E-state index in [1.807, 2.05) is 12.1 Å². The number of carbonyl (C=O) groups is 1. The predicted octanol–water partition coefficient (Wildman–Crippen LogP) is 5.80. The van der Waals surface area contributed by atoms with Crippen LogP contribution in [0, 0.1) is 11.6 Å². The van der Waals surface area contributed by atoms with Crippen molar-refractivity contribution in [3.05, 3.63) is 101 Å². The number of carbonyl (C=O) groups excluding carboxylic acids is 1. The topological polar surface area (TPSA) is 29.1 Å². The minimum absolute atomic E-state index is 0.162. The number of halogens is 3. The Morgan fingerprint density at radius 2 is 1.58 bits per heavy atom. The minimum atomic E-state index is -1.03. The molecule has 0 atom stereocenters. The lowest BCUT2D eigenvalue weighted by molar-refractivity contribution is -0.111. The van der Waals surface area contributed by atoms with E-state index in [-0.39, 0.29) is 5.69 Å². The maximum Gasteiger partial charge on any atom is 0.256 e. The van der Waals surface area contributed by atoms with Gasteiger partial charge in [0.25, 0.3) is 5.91 Å². The smallest absolute Gasteiger partial charge is 0.256 e. The van der Waals surface area contributed by atoms with Gasteiger partial charge in [-0.25, -0.2) is 8.78 Å². The fourth-order valence-electron chi connectivity index (χ4n) is 2.42. The van der Waals surface area contributed by atoms with Crippen molar-refractivity contribution in [1.82, 2.24) is 0 Å². The average Bonchev–Trinajstić information content (AvgIpc) is 2.64. The number of rotatable bonds is 4. The number of anilines is 1. The number of hydrogen-bond acceptors (Lipinski definition) is 1. The summed E-state index contributed by atoms with van der Waals surface area (Å²) in [7, 11) is 0. The number of amides is 1. The van der Waals surface area contributed by atoms with Crippen LogP contribution < -0.4 is 5.32 Å². The molecular weight excluding hydrogens is 356 g/mol. The summed E-state index contributed by atoms with van der Waals surface area (Å²) >= 11 is 6.19. The summed E-state index contributed by atoms with van der Waals surface area (Å²) < 4.78 is 26.5. The van der Waals surface area contributed by atoms with Gasteiger partial charge in [0.2, 0.25) is 0 Å². The molecule has 0 saturated carbocycles. The number of nitrogens with one attached hydrogen (secondary N) is 1. The van der Waals surface area contributed by atoms with Gasteiger partial charge in [0.15, 0.2) is 11.6 Å². The normalized spacial score (nSPS) is 11.3. The Labute approximate surface area is 154 Å². The van der Waals surface area contributed by atoms with Gasteiger partial charge in [0.1, 0.15) is 0 Å². The molecule has 3 aromatic carbocycles. The fourth-order valence-corrected chi connectivity index (χ4v) is 2.61. The number of benzene rings is 3. The minimum Gasteiger partial charge on any atom is -0.322 e. The van der Waals surface area contributed by atoms with Crippen molar-refractivity contribution in [3.8, 4) is 0 Å². The second kappa shape index (κ2) is 7.93. The monoisotopic (exact) mass is 369 g/mol. The molecule has 0 radical (unpaired) electrons. The van der Waals surface area contributed by atoms with Crippen LogP contribution in [0.3, 0.4) is 0 Å². The zero-order valence-electron chi connectivity index (χ0n) is 13.5. The van der Waals surface area contributed by atoms with E-state index >= 15 is 0 Å². The first kappa shape index (κ1) is 17.8. The molecule has 5 heteroatoms. The van der Waals surface area contributed by atoms with Crippen LogP contribution in [0.1, 0.15) is 11.1 Å². The molecular formula is C21H14ClF2NO. The molecule has 1 N–H and O–H groups in total. The van der Waals surface area contributed by atoms with E-state index in [1.54, 1.807) is 48.5 Å². The van der Waals surface area contributed by atoms with Crippen LogP contribution in [0.15, 0.2) is 72.8 Å². The fraction of sp³-hybridized carbons (Fsp3) is 0. The van der Waals surface area contributed by atoms with Crippen LogP contribution in [0.25, 0.3) is 11.6 Å². The van der Waals surface area contributed by atoms with Crippen LogP contribution in [0.2, 0.25) is 5.02 Å². The van der Waals surface area contributed by atoms with Crippen molar-refractivity contribution >= 4 is 34.8 Å². The third-order valence-electron chi connectivity index (χ3n) is 3.71. The maximum absolute atomic E-state index is 13.4. The first-order valence-corrected chi connectivity index (χ1v) is 8.20. The Morgan fingerprint density at radius 3 is 2.27 bits per heavy atom. The molecule has 0 fully saturated rings. The Bertz CT molecular complexity index is 971. The molecule has 0 aliphatic heterocycles. The Balaban J connectivity index is 1.99. The lowest BCUT2D eigenvalue weighted by atomic mass is 10.0. The molecule has 1 amide bonds. The predicted molar refractivity (Wildman–Crippen MR) is 101 cm³/mol. The molecule has 0 aliphatic rings. The van der Waals surface area contributed by atoms with Crippen LogP contribution in [0.5, 0.6) is 0 Å². The first-order valence-electron chi connectivity index (χ1n) is 7.82. The highest BCUT2D eigenvalue weighted by Gasteiger charge is 2.14. The van der Waals surface area contributed by atoms with Crippen molar-refractivity contribution < 1.29 is 13.6 Å². The SMILES string of the molecule is O=C(Nc1ccc(F)c(F)c1)/C(=C/c1ccccc1Cl)c1ccccc1. The van der Waals surface area contributed by atoms with Gasteiger partial charge in [0.05, 0.1) is 0 Å². The highest BCUT2D eigenvalue weighted by Crippen LogP contribution is 2.25. The van der Waals surface area contributed by atoms with Gasteiger partial charge in [-0.2, -0.15) is 0 Å². The summed E-state index contributed by atoms with van der Waals surface area (Å²) in [5, 5.41) is 3.09. The molecule has 0 saturated heterocycles. The number of hydrogen-bond donors (Lipinski definition) is 1. The summed E-state index contributed by atoms with van der Waals surface area (Å²) in [6, 6.07) is 19.3. The second-order valence-corrected chi connectivity index (χ2v) is 5.94. The van der Waals surface area contributed by atoms with Crippen LogP contribution in [0.4, 0.5) is 14.5 Å². The summed E-state index contributed by atoms with van der Waals surface area (Å²) in [5.74, 6) is -2.46. The van der Waals surface area contributed by atoms with Crippen molar-refractivity contribution in [1.29, 1.82) is 0 Å². The van der Waals surface area contributed by atoms with Crippen molar-refractivity contribution in [2.75, 3.05) is 5.32 Å². The van der Waals surface area contributed by atoms with Gasteiger partial charge in [-0.15, -0.1) is 0 Å². The lowest BCUT2D eigenvalue weighted by Crippen LogP contribution is -2.14. The van der Waals surface area contributed by atoms with Crippen molar-refractivity contribution in [2.24, 2.45) is 0 Å². The molecule has 0 bridgehead atoms. The standard InChI is InChI=1S/C21H14ClF2NO/c22-18-9-5-4-8-15(18)12-17(14-6-2-1-3-7-14)21(26)25-16-10-11-19(23)20(24)13-16/h1-13H,(H,25,26)/b17-12+. The van der Waals surface area contributed by atoms with Gasteiger partial charge in [-0.05, 0) is 35.4 Å². The van der Waals surface area contributed by atoms with Gasteiger partial charge in [0, 0.05) is 22.3 Å². The molecule has 0 aromatic heterocycles. The zero-order chi connectivity index (χ0) is 18.5. The Kier molecular flexibility index (Phi) is 5.44. The average molecular weight is 370 g/mol. The van der Waals surface area contributed by atoms with Gasteiger partial charge >= 0.3 is 0 Å². The van der Waals surface area contributed by atoms with Crippen LogP contribution >= 0.6 is 11.6 Å². The molecule has 3 aromatic rings. The molecule has 26 heavy (non-hydrogen) atoms. The van der Waals surface area contributed by atoms with E-state index < -0.39 is 17.5 Å². The molecule has 0 heterocycles.